The molecule has 1 aromatic rings. The number of benzene rings is 1. The van der Waals surface area contributed by atoms with Gasteiger partial charge in [-0.3, -0.25) is 4.79 Å². The van der Waals surface area contributed by atoms with E-state index in [4.69, 9.17) is 0 Å². The van der Waals surface area contributed by atoms with Gasteiger partial charge in [0.25, 0.3) is 5.91 Å². The predicted octanol–water partition coefficient (Wildman–Crippen LogP) is 2.38. The van der Waals surface area contributed by atoms with E-state index in [1.807, 2.05) is 24.3 Å². The molecular formula is C16H25N3O. The van der Waals surface area contributed by atoms with E-state index in [0.717, 1.165) is 37.2 Å². The van der Waals surface area contributed by atoms with Crippen molar-refractivity contribution in [2.45, 2.75) is 45.2 Å². The molecule has 1 saturated carbocycles. The Morgan fingerprint density at radius 1 is 1.25 bits per heavy atom. The van der Waals surface area contributed by atoms with E-state index in [1.54, 1.807) is 0 Å². The minimum atomic E-state index is 0.0315. The number of amides is 1. The number of hydrogen-bond donors (Lipinski definition) is 3. The van der Waals surface area contributed by atoms with Crippen LogP contribution in [-0.4, -0.2) is 30.6 Å². The van der Waals surface area contributed by atoms with Crippen molar-refractivity contribution in [3.05, 3.63) is 29.8 Å². The van der Waals surface area contributed by atoms with Gasteiger partial charge in [-0.05, 0) is 51.8 Å². The SMILES string of the molecule is CC(C)(C)NCCNc1cccc(C(=O)NC2CC2)c1. The first kappa shape index (κ1) is 14.9. The van der Waals surface area contributed by atoms with Gasteiger partial charge in [0, 0.05) is 35.9 Å². The molecule has 0 saturated heterocycles. The monoisotopic (exact) mass is 275 g/mol. The third kappa shape index (κ3) is 5.21. The first-order chi connectivity index (χ1) is 9.44. The molecule has 0 atom stereocenters. The second-order valence-electron chi connectivity index (χ2n) is 6.43. The summed E-state index contributed by atoms with van der Waals surface area (Å²) in [7, 11) is 0. The van der Waals surface area contributed by atoms with Crippen molar-refractivity contribution in [1.82, 2.24) is 10.6 Å². The lowest BCUT2D eigenvalue weighted by Gasteiger charge is -2.20. The van der Waals surface area contributed by atoms with Gasteiger partial charge in [-0.25, -0.2) is 0 Å². The van der Waals surface area contributed by atoms with Crippen LogP contribution < -0.4 is 16.0 Å². The first-order valence-electron chi connectivity index (χ1n) is 7.34. The summed E-state index contributed by atoms with van der Waals surface area (Å²) in [6, 6.07) is 8.08. The van der Waals surface area contributed by atoms with Crippen LogP contribution >= 0.6 is 0 Å². The molecule has 0 unspecified atom stereocenters. The molecule has 110 valence electrons. The topological polar surface area (TPSA) is 53.2 Å². The molecule has 0 spiro atoms. The van der Waals surface area contributed by atoms with E-state index in [2.05, 4.69) is 36.7 Å². The summed E-state index contributed by atoms with van der Waals surface area (Å²) in [5.41, 5.74) is 1.85. The lowest BCUT2D eigenvalue weighted by atomic mass is 10.1. The van der Waals surface area contributed by atoms with Crippen LogP contribution in [-0.2, 0) is 0 Å². The number of carbonyl (C=O) groups is 1. The maximum atomic E-state index is 12.0. The number of hydrogen-bond acceptors (Lipinski definition) is 3. The molecule has 0 radical (unpaired) electrons. The largest absolute Gasteiger partial charge is 0.384 e. The Morgan fingerprint density at radius 2 is 2.00 bits per heavy atom. The summed E-state index contributed by atoms with van der Waals surface area (Å²) in [5.74, 6) is 0.0315. The lowest BCUT2D eigenvalue weighted by Crippen LogP contribution is -2.38. The van der Waals surface area contributed by atoms with Gasteiger partial charge in [-0.1, -0.05) is 6.07 Å². The van der Waals surface area contributed by atoms with Crippen LogP contribution in [0, 0.1) is 0 Å². The minimum Gasteiger partial charge on any atom is -0.384 e. The third-order valence-electron chi connectivity index (χ3n) is 3.15. The average Bonchev–Trinajstić information content (AvgIpc) is 3.18. The predicted molar refractivity (Wildman–Crippen MR) is 83.2 cm³/mol. The zero-order valence-corrected chi connectivity index (χ0v) is 12.6. The number of rotatable bonds is 6. The van der Waals surface area contributed by atoms with E-state index in [1.165, 1.54) is 0 Å². The van der Waals surface area contributed by atoms with Gasteiger partial charge in [0.15, 0.2) is 0 Å². The summed E-state index contributed by atoms with van der Waals surface area (Å²) < 4.78 is 0. The molecule has 0 aromatic heterocycles. The van der Waals surface area contributed by atoms with Crippen LogP contribution in [0.4, 0.5) is 5.69 Å². The van der Waals surface area contributed by atoms with Gasteiger partial charge in [-0.2, -0.15) is 0 Å². The molecule has 2 rings (SSSR count). The average molecular weight is 275 g/mol. The quantitative estimate of drug-likeness (QED) is 0.699. The molecule has 1 aromatic carbocycles. The van der Waals surface area contributed by atoms with E-state index in [-0.39, 0.29) is 11.4 Å². The van der Waals surface area contributed by atoms with Crippen LogP contribution in [0.2, 0.25) is 0 Å². The fourth-order valence-corrected chi connectivity index (χ4v) is 1.91. The Balaban J connectivity index is 1.81. The number of carbonyl (C=O) groups excluding carboxylic acids is 1. The van der Waals surface area contributed by atoms with Gasteiger partial charge in [0.05, 0.1) is 0 Å². The highest BCUT2D eigenvalue weighted by Gasteiger charge is 2.23. The molecule has 3 N–H and O–H groups in total. The molecule has 4 heteroatoms. The fraction of sp³-hybridized carbons (Fsp3) is 0.562. The molecule has 4 nitrogen and oxygen atoms in total. The maximum Gasteiger partial charge on any atom is 0.251 e. The van der Waals surface area contributed by atoms with Gasteiger partial charge >= 0.3 is 0 Å². The van der Waals surface area contributed by atoms with Crippen molar-refractivity contribution in [2.24, 2.45) is 0 Å². The number of anilines is 1. The van der Waals surface area contributed by atoms with Gasteiger partial charge in [0.2, 0.25) is 0 Å². The minimum absolute atomic E-state index is 0.0315. The molecule has 0 heterocycles. The lowest BCUT2D eigenvalue weighted by molar-refractivity contribution is 0.0951. The highest BCUT2D eigenvalue weighted by molar-refractivity contribution is 5.95. The third-order valence-corrected chi connectivity index (χ3v) is 3.15. The van der Waals surface area contributed by atoms with Crippen LogP contribution in [0.15, 0.2) is 24.3 Å². The van der Waals surface area contributed by atoms with Crippen molar-refractivity contribution < 1.29 is 4.79 Å². The second kappa shape index (κ2) is 6.27. The summed E-state index contributed by atoms with van der Waals surface area (Å²) in [6.45, 7) is 8.18. The highest BCUT2D eigenvalue weighted by atomic mass is 16.1. The first-order valence-corrected chi connectivity index (χ1v) is 7.34. The van der Waals surface area contributed by atoms with E-state index >= 15 is 0 Å². The standard InChI is InChI=1S/C16H25N3O/c1-16(2,3)18-10-9-17-14-6-4-5-12(11-14)15(20)19-13-7-8-13/h4-6,11,13,17-18H,7-10H2,1-3H3,(H,19,20). The van der Waals surface area contributed by atoms with Crippen LogP contribution in [0.5, 0.6) is 0 Å². The zero-order valence-electron chi connectivity index (χ0n) is 12.6. The van der Waals surface area contributed by atoms with Crippen molar-refractivity contribution in [2.75, 3.05) is 18.4 Å². The number of nitrogens with one attached hydrogen (secondary N) is 3. The van der Waals surface area contributed by atoms with Crippen molar-refractivity contribution in [3.63, 3.8) is 0 Å². The van der Waals surface area contributed by atoms with Crippen LogP contribution in [0.25, 0.3) is 0 Å². The smallest absolute Gasteiger partial charge is 0.251 e. The van der Waals surface area contributed by atoms with Crippen molar-refractivity contribution in [3.8, 4) is 0 Å². The molecular weight excluding hydrogens is 250 g/mol. The fourth-order valence-electron chi connectivity index (χ4n) is 1.91. The molecule has 1 fully saturated rings. The zero-order chi connectivity index (χ0) is 14.6. The maximum absolute atomic E-state index is 12.0. The molecule has 0 aliphatic heterocycles. The Labute approximate surface area is 121 Å². The van der Waals surface area contributed by atoms with E-state index < -0.39 is 0 Å². The van der Waals surface area contributed by atoms with E-state index in [0.29, 0.717) is 6.04 Å². The Kier molecular flexibility index (Phi) is 4.65. The Bertz CT molecular complexity index is 461. The Hall–Kier alpha value is -1.55. The second-order valence-corrected chi connectivity index (χ2v) is 6.43. The summed E-state index contributed by atoms with van der Waals surface area (Å²) >= 11 is 0. The molecule has 20 heavy (non-hydrogen) atoms. The molecule has 1 aliphatic rings. The summed E-state index contributed by atoms with van der Waals surface area (Å²) in [6.07, 6.45) is 2.23. The highest BCUT2D eigenvalue weighted by Crippen LogP contribution is 2.20. The molecule has 1 aliphatic carbocycles. The van der Waals surface area contributed by atoms with Gasteiger partial charge in [0.1, 0.15) is 0 Å². The summed E-state index contributed by atoms with van der Waals surface area (Å²) in [5, 5.41) is 9.77. The van der Waals surface area contributed by atoms with Crippen molar-refractivity contribution >= 4 is 11.6 Å². The summed E-state index contributed by atoms with van der Waals surface area (Å²) in [4.78, 5) is 12.0. The van der Waals surface area contributed by atoms with Crippen LogP contribution in [0.1, 0.15) is 44.0 Å². The van der Waals surface area contributed by atoms with E-state index in [9.17, 15) is 4.79 Å². The van der Waals surface area contributed by atoms with Crippen LogP contribution in [0.3, 0.4) is 0 Å². The van der Waals surface area contributed by atoms with Gasteiger partial charge < -0.3 is 16.0 Å². The normalized spacial score (nSPS) is 14.9. The van der Waals surface area contributed by atoms with Crippen molar-refractivity contribution in [1.29, 1.82) is 0 Å². The molecule has 0 bridgehead atoms. The van der Waals surface area contributed by atoms with Gasteiger partial charge in [-0.15, -0.1) is 0 Å². The Morgan fingerprint density at radius 3 is 2.65 bits per heavy atom. The molecule has 1 amide bonds.